The number of sulfonamides is 1. The van der Waals surface area contributed by atoms with Crippen LogP contribution in [0.1, 0.15) is 28.8 Å². The lowest BCUT2D eigenvalue weighted by Crippen LogP contribution is -2.31. The van der Waals surface area contributed by atoms with Gasteiger partial charge in [0.2, 0.25) is 10.0 Å². The number of nitrogens with zero attached hydrogens (tertiary/aromatic N) is 2. The molecule has 1 N–H and O–H groups in total. The molecule has 3 heterocycles. The molecule has 0 atom stereocenters. The van der Waals surface area contributed by atoms with Gasteiger partial charge in [0.05, 0.1) is 17.0 Å². The summed E-state index contributed by atoms with van der Waals surface area (Å²) < 4.78 is 28.2. The van der Waals surface area contributed by atoms with E-state index in [9.17, 15) is 18.0 Å². The molecule has 0 aliphatic carbocycles. The van der Waals surface area contributed by atoms with Gasteiger partial charge in [-0.25, -0.2) is 8.42 Å². The fraction of sp³-hybridized carbons (Fsp3) is 0.273. The molecule has 0 radical (unpaired) electrons. The minimum Gasteiger partial charge on any atom is -0.322 e. The molecule has 9 heteroatoms. The molecule has 2 aromatic carbocycles. The predicted molar refractivity (Wildman–Crippen MR) is 124 cm³/mol. The van der Waals surface area contributed by atoms with Crippen LogP contribution in [0.5, 0.6) is 0 Å². The lowest BCUT2D eigenvalue weighted by atomic mass is 10.00. The number of pyridine rings is 1. The Morgan fingerprint density at radius 3 is 2.52 bits per heavy atom. The van der Waals surface area contributed by atoms with Gasteiger partial charge in [-0.05, 0) is 67.3 Å². The van der Waals surface area contributed by atoms with Crippen LogP contribution in [0.4, 0.5) is 11.4 Å². The molecule has 0 spiro atoms. The Balaban J connectivity index is 1.46. The van der Waals surface area contributed by atoms with Gasteiger partial charge < -0.3 is 9.88 Å². The number of halogens is 1. The van der Waals surface area contributed by atoms with Crippen LogP contribution in [0, 0.1) is 0 Å². The highest BCUT2D eigenvalue weighted by molar-refractivity contribution is 9.10. The van der Waals surface area contributed by atoms with Crippen LogP contribution in [0.3, 0.4) is 0 Å². The van der Waals surface area contributed by atoms with E-state index in [2.05, 4.69) is 21.2 Å². The van der Waals surface area contributed by atoms with Gasteiger partial charge in [-0.3, -0.25) is 13.9 Å². The normalized spacial score (nSPS) is 17.1. The number of amides is 1. The summed E-state index contributed by atoms with van der Waals surface area (Å²) in [5, 5.41) is 3.62. The number of anilines is 2. The summed E-state index contributed by atoms with van der Waals surface area (Å²) in [5.74, 6) is -0.332. The van der Waals surface area contributed by atoms with Crippen molar-refractivity contribution in [3.05, 3.63) is 68.4 Å². The van der Waals surface area contributed by atoms with Crippen LogP contribution in [0.15, 0.2) is 51.7 Å². The van der Waals surface area contributed by atoms with Gasteiger partial charge >= 0.3 is 0 Å². The number of carbonyl (C=O) groups is 1. The number of aromatic nitrogens is 1. The monoisotopic (exact) mass is 501 g/mol. The first-order valence-corrected chi connectivity index (χ1v) is 12.5. The molecule has 1 fully saturated rings. The first-order chi connectivity index (χ1) is 14.8. The second kappa shape index (κ2) is 7.49. The van der Waals surface area contributed by atoms with E-state index in [1.165, 1.54) is 4.31 Å². The maximum atomic E-state index is 13.0. The molecule has 1 amide bonds. The smallest absolute Gasteiger partial charge is 0.263 e. The molecule has 160 valence electrons. The molecular formula is C22H20BrN3O4S. The molecule has 31 heavy (non-hydrogen) atoms. The SMILES string of the molecule is O=C(Nc1ccc(N2CCCS2(=O)=O)cc1)c1cc2cc(Br)cc3c2n(c1=O)CCC3. The molecule has 1 aromatic heterocycles. The lowest BCUT2D eigenvalue weighted by Gasteiger charge is -2.21. The third-order valence-corrected chi connectivity index (χ3v) is 8.14. The van der Waals surface area contributed by atoms with Crippen molar-refractivity contribution < 1.29 is 13.2 Å². The number of hydrogen-bond acceptors (Lipinski definition) is 4. The summed E-state index contributed by atoms with van der Waals surface area (Å²) in [7, 11) is -3.26. The number of rotatable bonds is 3. The largest absolute Gasteiger partial charge is 0.322 e. The molecule has 2 aliphatic rings. The third kappa shape index (κ3) is 3.55. The molecular weight excluding hydrogens is 482 g/mol. The zero-order valence-corrected chi connectivity index (χ0v) is 19.0. The fourth-order valence-electron chi connectivity index (χ4n) is 4.42. The molecule has 0 bridgehead atoms. The summed E-state index contributed by atoms with van der Waals surface area (Å²) in [6.45, 7) is 1.05. The van der Waals surface area contributed by atoms with Crippen LogP contribution in [-0.4, -0.2) is 31.2 Å². The average molecular weight is 502 g/mol. The Labute approximate surface area is 187 Å². The van der Waals surface area contributed by atoms with Crippen molar-refractivity contribution in [2.75, 3.05) is 21.9 Å². The van der Waals surface area contributed by atoms with Crippen molar-refractivity contribution in [3.8, 4) is 0 Å². The van der Waals surface area contributed by atoms with E-state index >= 15 is 0 Å². The van der Waals surface area contributed by atoms with E-state index in [4.69, 9.17) is 0 Å². The molecule has 3 aromatic rings. The second-order valence-corrected chi connectivity index (χ2v) is 10.8. The van der Waals surface area contributed by atoms with Crippen LogP contribution in [0.25, 0.3) is 10.9 Å². The number of carbonyl (C=O) groups excluding carboxylic acids is 1. The highest BCUT2D eigenvalue weighted by Crippen LogP contribution is 2.29. The quantitative estimate of drug-likeness (QED) is 0.594. The number of hydrogen-bond donors (Lipinski definition) is 1. The van der Waals surface area contributed by atoms with Gasteiger partial charge in [0.15, 0.2) is 0 Å². The van der Waals surface area contributed by atoms with E-state index in [1.54, 1.807) is 34.9 Å². The maximum absolute atomic E-state index is 13.0. The van der Waals surface area contributed by atoms with Crippen LogP contribution < -0.4 is 15.2 Å². The summed E-state index contributed by atoms with van der Waals surface area (Å²) in [5.41, 5.74) is 2.86. The van der Waals surface area contributed by atoms with E-state index in [0.29, 0.717) is 30.9 Å². The van der Waals surface area contributed by atoms with Gasteiger partial charge in [-0.15, -0.1) is 0 Å². The minimum absolute atomic E-state index is 0.0876. The van der Waals surface area contributed by atoms with Gasteiger partial charge in [0, 0.05) is 28.6 Å². The summed E-state index contributed by atoms with van der Waals surface area (Å²) in [4.78, 5) is 26.0. The third-order valence-electron chi connectivity index (χ3n) is 5.81. The Hall–Kier alpha value is -2.65. The van der Waals surface area contributed by atoms with Gasteiger partial charge in [-0.1, -0.05) is 15.9 Å². The molecule has 0 saturated carbocycles. The van der Waals surface area contributed by atoms with E-state index in [-0.39, 0.29) is 16.9 Å². The van der Waals surface area contributed by atoms with Crippen LogP contribution in [-0.2, 0) is 23.0 Å². The first kappa shape index (κ1) is 20.3. The number of nitrogens with one attached hydrogen (secondary N) is 1. The highest BCUT2D eigenvalue weighted by Gasteiger charge is 2.28. The molecule has 7 nitrogen and oxygen atoms in total. The average Bonchev–Trinajstić information content (AvgIpc) is 3.09. The van der Waals surface area contributed by atoms with Crippen LogP contribution >= 0.6 is 15.9 Å². The van der Waals surface area contributed by atoms with Crippen molar-refractivity contribution in [3.63, 3.8) is 0 Å². The number of benzene rings is 2. The fourth-order valence-corrected chi connectivity index (χ4v) is 6.50. The summed E-state index contributed by atoms with van der Waals surface area (Å²) >= 11 is 3.51. The Morgan fingerprint density at radius 1 is 1.03 bits per heavy atom. The standard InChI is InChI=1S/C22H20BrN3O4S/c23-16-11-14-3-1-8-25-20(14)15(12-16)13-19(22(25)28)21(27)24-17-4-6-18(7-5-17)26-9-2-10-31(26,29)30/h4-7,11-13H,1-3,8-10H2,(H,24,27). The first-order valence-electron chi connectivity index (χ1n) is 10.1. The predicted octanol–water partition coefficient (Wildman–Crippen LogP) is 3.50. The second-order valence-electron chi connectivity index (χ2n) is 7.86. The summed E-state index contributed by atoms with van der Waals surface area (Å²) in [6, 6.07) is 12.2. The van der Waals surface area contributed by atoms with Crippen LogP contribution in [0.2, 0.25) is 0 Å². The van der Waals surface area contributed by atoms with E-state index in [0.717, 1.165) is 33.8 Å². The van der Waals surface area contributed by atoms with Gasteiger partial charge in [0.1, 0.15) is 5.56 Å². The minimum atomic E-state index is -3.26. The van der Waals surface area contributed by atoms with Gasteiger partial charge in [-0.2, -0.15) is 0 Å². The molecule has 1 saturated heterocycles. The zero-order valence-electron chi connectivity index (χ0n) is 16.6. The van der Waals surface area contributed by atoms with Crippen molar-refractivity contribution in [1.29, 1.82) is 0 Å². The highest BCUT2D eigenvalue weighted by atomic mass is 79.9. The van der Waals surface area contributed by atoms with Crippen molar-refractivity contribution in [1.82, 2.24) is 4.57 Å². The van der Waals surface area contributed by atoms with Crippen molar-refractivity contribution in [2.45, 2.75) is 25.8 Å². The molecule has 0 unspecified atom stereocenters. The van der Waals surface area contributed by atoms with Gasteiger partial charge in [0.25, 0.3) is 11.5 Å². The lowest BCUT2D eigenvalue weighted by molar-refractivity contribution is 0.102. The number of aryl methyl sites for hydroxylation is 2. The Kier molecular flexibility index (Phi) is 4.90. The van der Waals surface area contributed by atoms with Crippen molar-refractivity contribution >= 4 is 54.1 Å². The van der Waals surface area contributed by atoms with E-state index < -0.39 is 15.9 Å². The Morgan fingerprint density at radius 2 is 1.81 bits per heavy atom. The Bertz CT molecular complexity index is 1380. The van der Waals surface area contributed by atoms with E-state index in [1.807, 2.05) is 12.1 Å². The topological polar surface area (TPSA) is 88.5 Å². The molecule has 2 aliphatic heterocycles. The molecule has 5 rings (SSSR count). The zero-order chi connectivity index (χ0) is 21.8. The van der Waals surface area contributed by atoms with Crippen molar-refractivity contribution in [2.24, 2.45) is 0 Å². The summed E-state index contributed by atoms with van der Waals surface area (Å²) in [6.07, 6.45) is 2.36. The maximum Gasteiger partial charge on any atom is 0.263 e.